The van der Waals surface area contributed by atoms with Crippen molar-refractivity contribution >= 4 is 11.6 Å². The Hall–Kier alpha value is -1.75. The lowest BCUT2D eigenvalue weighted by atomic mass is 9.95. The molecule has 0 aromatic heterocycles. The molecule has 5 nitrogen and oxygen atoms in total. The number of ether oxygens (including phenoxy) is 2. The summed E-state index contributed by atoms with van der Waals surface area (Å²) in [6, 6.07) is 5.50. The van der Waals surface area contributed by atoms with E-state index in [2.05, 4.69) is 5.32 Å². The molecule has 5 heteroatoms. The molecular weight excluding hydrogens is 280 g/mol. The highest BCUT2D eigenvalue weighted by atomic mass is 16.5. The second-order valence-electron chi connectivity index (χ2n) is 5.55. The van der Waals surface area contributed by atoms with E-state index in [-0.39, 0.29) is 17.7 Å². The Labute approximate surface area is 132 Å². The Balaban J connectivity index is 2.15. The second kappa shape index (κ2) is 8.03. The molecule has 1 aliphatic carbocycles. The molecule has 0 bridgehead atoms. The number of nitrogens with one attached hydrogen (secondary N) is 1. The zero-order valence-electron chi connectivity index (χ0n) is 13.4. The van der Waals surface area contributed by atoms with Gasteiger partial charge in [-0.2, -0.15) is 0 Å². The minimum absolute atomic E-state index is 0.00442. The Bertz CT molecular complexity index is 505. The molecule has 0 radical (unpaired) electrons. The average molecular weight is 306 g/mol. The first kappa shape index (κ1) is 16.6. The summed E-state index contributed by atoms with van der Waals surface area (Å²) in [6.45, 7) is 5.54. The first-order valence-corrected chi connectivity index (χ1v) is 8.10. The molecule has 3 N–H and O–H groups in total. The van der Waals surface area contributed by atoms with Crippen molar-refractivity contribution in [1.82, 2.24) is 0 Å². The lowest BCUT2D eigenvalue weighted by Gasteiger charge is -2.19. The van der Waals surface area contributed by atoms with Gasteiger partial charge in [-0.3, -0.25) is 4.79 Å². The summed E-state index contributed by atoms with van der Waals surface area (Å²) in [5.74, 6) is 1.70. The Morgan fingerprint density at radius 1 is 1.27 bits per heavy atom. The Morgan fingerprint density at radius 2 is 2.05 bits per heavy atom. The van der Waals surface area contributed by atoms with Crippen LogP contribution in [-0.2, 0) is 4.79 Å². The highest BCUT2D eigenvalue weighted by Crippen LogP contribution is 2.34. The summed E-state index contributed by atoms with van der Waals surface area (Å²) in [7, 11) is 0. The monoisotopic (exact) mass is 306 g/mol. The average Bonchev–Trinajstić information content (AvgIpc) is 2.99. The van der Waals surface area contributed by atoms with Gasteiger partial charge in [-0.25, -0.2) is 0 Å². The van der Waals surface area contributed by atoms with Gasteiger partial charge in [0.25, 0.3) is 0 Å². The highest BCUT2D eigenvalue weighted by molar-refractivity contribution is 5.94. The van der Waals surface area contributed by atoms with Crippen molar-refractivity contribution in [3.63, 3.8) is 0 Å². The molecule has 1 aromatic carbocycles. The molecule has 0 spiro atoms. The number of carbonyl (C=O) groups excluding carboxylic acids is 1. The van der Waals surface area contributed by atoms with Gasteiger partial charge in [-0.05, 0) is 51.3 Å². The summed E-state index contributed by atoms with van der Waals surface area (Å²) >= 11 is 0. The van der Waals surface area contributed by atoms with Crippen LogP contribution in [0.1, 0.15) is 33.1 Å². The number of hydrogen-bond donors (Lipinski definition) is 2. The predicted molar refractivity (Wildman–Crippen MR) is 87.3 cm³/mol. The number of amides is 1. The van der Waals surface area contributed by atoms with E-state index in [9.17, 15) is 4.79 Å². The van der Waals surface area contributed by atoms with Gasteiger partial charge >= 0.3 is 0 Å². The van der Waals surface area contributed by atoms with Crippen molar-refractivity contribution in [2.45, 2.75) is 33.1 Å². The summed E-state index contributed by atoms with van der Waals surface area (Å²) in [4.78, 5) is 12.5. The molecule has 1 amide bonds. The van der Waals surface area contributed by atoms with Crippen molar-refractivity contribution in [3.8, 4) is 11.5 Å². The highest BCUT2D eigenvalue weighted by Gasteiger charge is 2.32. The molecular formula is C17H26N2O3. The molecule has 1 aromatic rings. The van der Waals surface area contributed by atoms with Gasteiger partial charge in [0.2, 0.25) is 5.91 Å². The summed E-state index contributed by atoms with van der Waals surface area (Å²) in [5, 5.41) is 3.00. The predicted octanol–water partition coefficient (Wildman–Crippen LogP) is 2.80. The van der Waals surface area contributed by atoms with Crippen molar-refractivity contribution in [1.29, 1.82) is 0 Å². The Morgan fingerprint density at radius 3 is 2.73 bits per heavy atom. The molecule has 22 heavy (non-hydrogen) atoms. The van der Waals surface area contributed by atoms with Gasteiger partial charge in [0, 0.05) is 12.0 Å². The molecule has 1 saturated carbocycles. The van der Waals surface area contributed by atoms with Crippen LogP contribution >= 0.6 is 0 Å². The normalized spacial score (nSPS) is 20.7. The van der Waals surface area contributed by atoms with E-state index >= 15 is 0 Å². The van der Waals surface area contributed by atoms with Crippen LogP contribution in [0.2, 0.25) is 0 Å². The first-order valence-electron chi connectivity index (χ1n) is 8.10. The smallest absolute Gasteiger partial charge is 0.227 e. The van der Waals surface area contributed by atoms with Gasteiger partial charge in [-0.15, -0.1) is 0 Å². The molecule has 0 unspecified atom stereocenters. The number of nitrogens with two attached hydrogens (primary N) is 1. The van der Waals surface area contributed by atoms with Crippen LogP contribution in [0.5, 0.6) is 11.5 Å². The van der Waals surface area contributed by atoms with Crippen molar-refractivity contribution in [2.24, 2.45) is 17.6 Å². The number of anilines is 1. The maximum absolute atomic E-state index is 12.5. The SMILES string of the molecule is CCOc1ccc(OCC)c(NC(=O)[C@@H]2CCC[C@@H]2CN)c1. The van der Waals surface area contributed by atoms with E-state index in [1.54, 1.807) is 0 Å². The summed E-state index contributed by atoms with van der Waals surface area (Å²) in [6.07, 6.45) is 3.01. The van der Waals surface area contributed by atoms with Crippen LogP contribution < -0.4 is 20.5 Å². The quantitative estimate of drug-likeness (QED) is 0.812. The lowest BCUT2D eigenvalue weighted by Crippen LogP contribution is -2.29. The molecule has 0 heterocycles. The number of carbonyl (C=O) groups is 1. The minimum Gasteiger partial charge on any atom is -0.494 e. The second-order valence-corrected chi connectivity index (χ2v) is 5.55. The van der Waals surface area contributed by atoms with Crippen LogP contribution in [0.3, 0.4) is 0 Å². The zero-order valence-corrected chi connectivity index (χ0v) is 13.4. The van der Waals surface area contributed by atoms with E-state index in [1.165, 1.54) is 0 Å². The molecule has 0 aliphatic heterocycles. The maximum Gasteiger partial charge on any atom is 0.227 e. The van der Waals surface area contributed by atoms with Gasteiger partial charge in [0.15, 0.2) is 0 Å². The summed E-state index contributed by atoms with van der Waals surface area (Å²) < 4.78 is 11.1. The molecule has 2 atom stereocenters. The van der Waals surface area contributed by atoms with Crippen molar-refractivity contribution < 1.29 is 14.3 Å². The third kappa shape index (κ3) is 3.91. The lowest BCUT2D eigenvalue weighted by molar-refractivity contribution is -0.120. The van der Waals surface area contributed by atoms with Crippen LogP contribution in [0.4, 0.5) is 5.69 Å². The van der Waals surface area contributed by atoms with E-state index in [0.717, 1.165) is 25.0 Å². The van der Waals surface area contributed by atoms with Crippen LogP contribution in [0.15, 0.2) is 18.2 Å². The van der Waals surface area contributed by atoms with Gasteiger partial charge in [0.1, 0.15) is 11.5 Å². The van der Waals surface area contributed by atoms with Gasteiger partial charge in [0.05, 0.1) is 18.9 Å². The van der Waals surface area contributed by atoms with E-state index in [4.69, 9.17) is 15.2 Å². The largest absolute Gasteiger partial charge is 0.494 e. The van der Waals surface area contributed by atoms with Crippen LogP contribution in [0.25, 0.3) is 0 Å². The minimum atomic E-state index is -0.00442. The number of rotatable bonds is 7. The molecule has 1 aliphatic rings. The zero-order chi connectivity index (χ0) is 15.9. The van der Waals surface area contributed by atoms with Gasteiger partial charge < -0.3 is 20.5 Å². The fourth-order valence-corrected chi connectivity index (χ4v) is 3.03. The standard InChI is InChI=1S/C17H26N2O3/c1-3-21-13-8-9-16(22-4-2)15(10-13)19-17(20)14-7-5-6-12(14)11-18/h8-10,12,14H,3-7,11,18H2,1-2H3,(H,19,20)/t12-,14-/m1/s1. The molecule has 1 fully saturated rings. The Kier molecular flexibility index (Phi) is 6.07. The van der Waals surface area contributed by atoms with Crippen LogP contribution in [0, 0.1) is 11.8 Å². The molecule has 0 saturated heterocycles. The fraction of sp³-hybridized carbons (Fsp3) is 0.588. The van der Waals surface area contributed by atoms with Crippen LogP contribution in [-0.4, -0.2) is 25.7 Å². The third-order valence-corrected chi connectivity index (χ3v) is 4.12. The van der Waals surface area contributed by atoms with E-state index in [0.29, 0.717) is 31.2 Å². The topological polar surface area (TPSA) is 73.6 Å². The summed E-state index contributed by atoms with van der Waals surface area (Å²) in [5.41, 5.74) is 6.44. The van der Waals surface area contributed by atoms with Crippen molar-refractivity contribution in [2.75, 3.05) is 25.1 Å². The van der Waals surface area contributed by atoms with E-state index in [1.807, 2.05) is 32.0 Å². The molecule has 2 rings (SSSR count). The first-order chi connectivity index (χ1) is 10.7. The number of benzene rings is 1. The van der Waals surface area contributed by atoms with Crippen molar-refractivity contribution in [3.05, 3.63) is 18.2 Å². The third-order valence-electron chi connectivity index (χ3n) is 4.12. The fourth-order valence-electron chi connectivity index (χ4n) is 3.03. The maximum atomic E-state index is 12.5. The van der Waals surface area contributed by atoms with Gasteiger partial charge in [-0.1, -0.05) is 6.42 Å². The van der Waals surface area contributed by atoms with E-state index < -0.39 is 0 Å². The number of hydrogen-bond acceptors (Lipinski definition) is 4. The molecule has 122 valence electrons.